The number of likely N-dealkylation sites (tertiary alicyclic amines) is 1. The minimum absolute atomic E-state index is 0.0255. The van der Waals surface area contributed by atoms with Crippen LogP contribution in [0.15, 0.2) is 24.3 Å². The SMILES string of the molecule is Cc1ccc2c(c1)cc(C(=O)N1CC[C@@H](C(=O)NC3CCCC3)C1)n2C. The summed E-state index contributed by atoms with van der Waals surface area (Å²) >= 11 is 0. The third-order valence-corrected chi connectivity index (χ3v) is 5.96. The van der Waals surface area contributed by atoms with Crippen LogP contribution in [0.5, 0.6) is 0 Å². The van der Waals surface area contributed by atoms with Crippen molar-refractivity contribution in [2.75, 3.05) is 13.1 Å². The zero-order chi connectivity index (χ0) is 18.3. The molecule has 1 saturated carbocycles. The fourth-order valence-corrected chi connectivity index (χ4v) is 4.38. The Kier molecular flexibility index (Phi) is 4.47. The molecular weight excluding hydrogens is 326 g/mol. The Balaban J connectivity index is 1.46. The van der Waals surface area contributed by atoms with Crippen molar-refractivity contribution in [1.29, 1.82) is 0 Å². The number of carbonyl (C=O) groups is 2. The molecule has 1 aromatic carbocycles. The van der Waals surface area contributed by atoms with E-state index in [1.165, 1.54) is 18.4 Å². The topological polar surface area (TPSA) is 54.3 Å². The van der Waals surface area contributed by atoms with E-state index in [1.807, 2.05) is 22.6 Å². The van der Waals surface area contributed by atoms with E-state index in [0.29, 0.717) is 24.8 Å². The zero-order valence-electron chi connectivity index (χ0n) is 15.6. The predicted octanol–water partition coefficient (Wildman–Crippen LogP) is 3.01. The highest BCUT2D eigenvalue weighted by Crippen LogP contribution is 2.25. The van der Waals surface area contributed by atoms with E-state index >= 15 is 0 Å². The molecule has 1 saturated heterocycles. The average molecular weight is 353 g/mol. The second kappa shape index (κ2) is 6.78. The Morgan fingerprint density at radius 3 is 2.65 bits per heavy atom. The lowest BCUT2D eigenvalue weighted by Crippen LogP contribution is -2.39. The second-order valence-corrected chi connectivity index (χ2v) is 7.88. The highest BCUT2D eigenvalue weighted by molar-refractivity contribution is 5.99. The van der Waals surface area contributed by atoms with E-state index in [0.717, 1.165) is 30.2 Å². The van der Waals surface area contributed by atoms with Gasteiger partial charge in [-0.25, -0.2) is 0 Å². The number of amides is 2. The number of nitrogens with one attached hydrogen (secondary N) is 1. The lowest BCUT2D eigenvalue weighted by molar-refractivity contribution is -0.125. The van der Waals surface area contributed by atoms with Crippen LogP contribution in [0, 0.1) is 12.8 Å². The number of benzene rings is 1. The van der Waals surface area contributed by atoms with Gasteiger partial charge >= 0.3 is 0 Å². The molecule has 0 unspecified atom stereocenters. The van der Waals surface area contributed by atoms with E-state index in [-0.39, 0.29) is 17.7 Å². The first-order chi connectivity index (χ1) is 12.5. The number of hydrogen-bond donors (Lipinski definition) is 1. The summed E-state index contributed by atoms with van der Waals surface area (Å²) in [4.78, 5) is 27.3. The number of aromatic nitrogens is 1. The lowest BCUT2D eigenvalue weighted by atomic mass is 10.1. The standard InChI is InChI=1S/C21H27N3O2/c1-14-7-8-18-16(11-14)12-19(23(18)2)21(26)24-10-9-15(13-24)20(25)22-17-5-3-4-6-17/h7-8,11-12,15,17H,3-6,9-10,13H2,1-2H3,(H,22,25)/t15-/m1/s1. The van der Waals surface area contributed by atoms with Crippen LogP contribution in [0.1, 0.15) is 48.2 Å². The van der Waals surface area contributed by atoms with Gasteiger partial charge in [-0.15, -0.1) is 0 Å². The third kappa shape index (κ3) is 3.11. The van der Waals surface area contributed by atoms with Crippen LogP contribution in [0.25, 0.3) is 10.9 Å². The molecule has 4 rings (SSSR count). The van der Waals surface area contributed by atoms with Crippen molar-refractivity contribution >= 4 is 22.7 Å². The first kappa shape index (κ1) is 17.1. The molecule has 26 heavy (non-hydrogen) atoms. The number of rotatable bonds is 3. The summed E-state index contributed by atoms with van der Waals surface area (Å²) in [5.41, 5.74) is 2.95. The van der Waals surface area contributed by atoms with E-state index in [9.17, 15) is 9.59 Å². The fraction of sp³-hybridized carbons (Fsp3) is 0.524. The van der Waals surface area contributed by atoms with Crippen molar-refractivity contribution in [1.82, 2.24) is 14.8 Å². The zero-order valence-corrected chi connectivity index (χ0v) is 15.6. The Hall–Kier alpha value is -2.30. The average Bonchev–Trinajstić information content (AvgIpc) is 3.34. The molecule has 2 heterocycles. The Morgan fingerprint density at radius 2 is 1.88 bits per heavy atom. The van der Waals surface area contributed by atoms with Gasteiger partial charge in [0.1, 0.15) is 5.69 Å². The summed E-state index contributed by atoms with van der Waals surface area (Å²) < 4.78 is 1.96. The number of carbonyl (C=O) groups excluding carboxylic acids is 2. The van der Waals surface area contributed by atoms with Crippen LogP contribution in [0.2, 0.25) is 0 Å². The number of aryl methyl sites for hydroxylation is 2. The highest BCUT2D eigenvalue weighted by atomic mass is 16.2. The van der Waals surface area contributed by atoms with Crippen LogP contribution in [-0.2, 0) is 11.8 Å². The minimum Gasteiger partial charge on any atom is -0.353 e. The predicted molar refractivity (Wildman–Crippen MR) is 102 cm³/mol. The summed E-state index contributed by atoms with van der Waals surface area (Å²) in [6.45, 7) is 3.24. The minimum atomic E-state index is -0.0727. The maximum atomic E-state index is 13.0. The maximum absolute atomic E-state index is 13.0. The summed E-state index contributed by atoms with van der Waals surface area (Å²) in [6, 6.07) is 8.54. The van der Waals surface area contributed by atoms with Gasteiger partial charge < -0.3 is 14.8 Å². The molecule has 1 atom stereocenters. The molecule has 138 valence electrons. The molecule has 2 fully saturated rings. The van der Waals surface area contributed by atoms with Crippen molar-refractivity contribution < 1.29 is 9.59 Å². The largest absolute Gasteiger partial charge is 0.353 e. The molecule has 1 aromatic heterocycles. The van der Waals surface area contributed by atoms with E-state index in [2.05, 4.69) is 30.4 Å². The van der Waals surface area contributed by atoms with Gasteiger partial charge in [0.25, 0.3) is 5.91 Å². The Bertz CT molecular complexity index is 848. The molecular formula is C21H27N3O2. The van der Waals surface area contributed by atoms with Crippen molar-refractivity contribution in [2.45, 2.75) is 45.1 Å². The first-order valence-corrected chi connectivity index (χ1v) is 9.68. The fourth-order valence-electron chi connectivity index (χ4n) is 4.38. The van der Waals surface area contributed by atoms with Gasteiger partial charge in [0.15, 0.2) is 0 Å². The summed E-state index contributed by atoms with van der Waals surface area (Å²) in [6.07, 6.45) is 5.36. The Labute approximate surface area is 154 Å². The third-order valence-electron chi connectivity index (χ3n) is 5.96. The van der Waals surface area contributed by atoms with Gasteiger partial charge in [-0.1, -0.05) is 24.5 Å². The first-order valence-electron chi connectivity index (χ1n) is 9.68. The quantitative estimate of drug-likeness (QED) is 0.922. The summed E-state index contributed by atoms with van der Waals surface area (Å²) in [5, 5.41) is 4.27. The highest BCUT2D eigenvalue weighted by Gasteiger charge is 2.33. The van der Waals surface area contributed by atoms with E-state index in [1.54, 1.807) is 0 Å². The number of nitrogens with zero attached hydrogens (tertiary/aromatic N) is 2. The van der Waals surface area contributed by atoms with Crippen molar-refractivity contribution in [3.63, 3.8) is 0 Å². The van der Waals surface area contributed by atoms with Gasteiger partial charge in [-0.2, -0.15) is 0 Å². The molecule has 1 N–H and O–H groups in total. The van der Waals surface area contributed by atoms with Gasteiger partial charge in [0.2, 0.25) is 5.91 Å². The van der Waals surface area contributed by atoms with Gasteiger partial charge in [-0.3, -0.25) is 9.59 Å². The number of fused-ring (bicyclic) bond motifs is 1. The normalized spacial score (nSPS) is 20.8. The van der Waals surface area contributed by atoms with Crippen LogP contribution in [0.4, 0.5) is 0 Å². The van der Waals surface area contributed by atoms with Crippen LogP contribution in [0.3, 0.4) is 0 Å². The molecule has 2 aliphatic rings. The van der Waals surface area contributed by atoms with Crippen molar-refractivity contribution in [2.24, 2.45) is 13.0 Å². The molecule has 1 aliphatic carbocycles. The van der Waals surface area contributed by atoms with Gasteiger partial charge in [-0.05, 0) is 44.4 Å². The van der Waals surface area contributed by atoms with Crippen LogP contribution >= 0.6 is 0 Å². The van der Waals surface area contributed by atoms with Gasteiger partial charge in [0.05, 0.1) is 5.92 Å². The second-order valence-electron chi connectivity index (χ2n) is 7.88. The van der Waals surface area contributed by atoms with Crippen molar-refractivity contribution in [3.05, 3.63) is 35.5 Å². The molecule has 1 aliphatic heterocycles. The summed E-state index contributed by atoms with van der Waals surface area (Å²) in [5.74, 6) is 0.0777. The molecule has 2 amide bonds. The van der Waals surface area contributed by atoms with Crippen LogP contribution in [-0.4, -0.2) is 40.4 Å². The molecule has 0 radical (unpaired) electrons. The number of hydrogen-bond acceptors (Lipinski definition) is 2. The van der Waals surface area contributed by atoms with Crippen molar-refractivity contribution in [3.8, 4) is 0 Å². The van der Waals surface area contributed by atoms with Crippen LogP contribution < -0.4 is 5.32 Å². The van der Waals surface area contributed by atoms with Gasteiger partial charge in [0, 0.05) is 37.1 Å². The lowest BCUT2D eigenvalue weighted by Gasteiger charge is -2.18. The smallest absolute Gasteiger partial charge is 0.270 e. The molecule has 2 aromatic rings. The summed E-state index contributed by atoms with van der Waals surface area (Å²) in [7, 11) is 1.94. The monoisotopic (exact) mass is 353 g/mol. The Morgan fingerprint density at radius 1 is 1.12 bits per heavy atom. The van der Waals surface area contributed by atoms with E-state index in [4.69, 9.17) is 0 Å². The molecule has 5 heteroatoms. The maximum Gasteiger partial charge on any atom is 0.270 e. The molecule has 0 spiro atoms. The molecule has 0 bridgehead atoms. The van der Waals surface area contributed by atoms with E-state index < -0.39 is 0 Å². The molecule has 5 nitrogen and oxygen atoms in total.